The van der Waals surface area contributed by atoms with Gasteiger partial charge >= 0.3 is 0 Å². The van der Waals surface area contributed by atoms with Crippen LogP contribution in [0.2, 0.25) is 0 Å². The molecule has 0 spiro atoms. The van der Waals surface area contributed by atoms with Gasteiger partial charge in [-0.2, -0.15) is 5.10 Å². The molecule has 1 saturated carbocycles. The monoisotopic (exact) mass is 193 g/mol. The third-order valence-corrected chi connectivity index (χ3v) is 2.86. The smallest absolute Gasteiger partial charge is 0.0522 e. The van der Waals surface area contributed by atoms with Crippen molar-refractivity contribution in [3.05, 3.63) is 17.5 Å². The highest BCUT2D eigenvalue weighted by Gasteiger charge is 2.23. The maximum Gasteiger partial charge on any atom is 0.0522 e. The summed E-state index contributed by atoms with van der Waals surface area (Å²) in [7, 11) is 0. The maximum absolute atomic E-state index is 5.74. The number of aromatic amines is 1. The first-order valence-electron chi connectivity index (χ1n) is 5.52. The Labute approximate surface area is 85.1 Å². The van der Waals surface area contributed by atoms with E-state index in [4.69, 9.17) is 5.73 Å². The summed E-state index contributed by atoms with van der Waals surface area (Å²) >= 11 is 0. The van der Waals surface area contributed by atoms with Crippen LogP contribution in [0.15, 0.2) is 6.20 Å². The molecule has 2 rings (SSSR count). The lowest BCUT2D eigenvalue weighted by atomic mass is 10.0. The van der Waals surface area contributed by atoms with Gasteiger partial charge in [0.15, 0.2) is 0 Å². The molecular weight excluding hydrogens is 174 g/mol. The second-order valence-corrected chi connectivity index (χ2v) is 4.54. The second-order valence-electron chi connectivity index (χ2n) is 4.54. The molecule has 1 atom stereocenters. The SMILES string of the molecule is CC(N)CCc1[nH]ncc1CC1CC1. The molecule has 1 aromatic rings. The van der Waals surface area contributed by atoms with Gasteiger partial charge in [-0.1, -0.05) is 0 Å². The minimum absolute atomic E-state index is 0.284. The molecule has 78 valence electrons. The van der Waals surface area contributed by atoms with E-state index in [0.29, 0.717) is 0 Å². The Balaban J connectivity index is 1.90. The Morgan fingerprint density at radius 2 is 2.43 bits per heavy atom. The zero-order valence-corrected chi connectivity index (χ0v) is 8.79. The Morgan fingerprint density at radius 1 is 1.64 bits per heavy atom. The molecular formula is C11H19N3. The predicted molar refractivity (Wildman–Crippen MR) is 57.0 cm³/mol. The van der Waals surface area contributed by atoms with E-state index in [-0.39, 0.29) is 6.04 Å². The number of H-pyrrole nitrogens is 1. The van der Waals surface area contributed by atoms with Crippen molar-refractivity contribution in [2.45, 2.75) is 45.1 Å². The van der Waals surface area contributed by atoms with Gasteiger partial charge in [-0.3, -0.25) is 5.10 Å². The number of aryl methyl sites for hydroxylation is 1. The topological polar surface area (TPSA) is 54.7 Å². The zero-order valence-electron chi connectivity index (χ0n) is 8.79. The van der Waals surface area contributed by atoms with Crippen LogP contribution in [0, 0.1) is 5.92 Å². The molecule has 0 bridgehead atoms. The number of nitrogens with two attached hydrogens (primary N) is 1. The Morgan fingerprint density at radius 3 is 3.07 bits per heavy atom. The summed E-state index contributed by atoms with van der Waals surface area (Å²) in [6, 6.07) is 0.284. The molecule has 1 aliphatic rings. The number of aromatic nitrogens is 2. The summed E-state index contributed by atoms with van der Waals surface area (Å²) in [5.41, 5.74) is 8.45. The summed E-state index contributed by atoms with van der Waals surface area (Å²) in [6.45, 7) is 2.05. The van der Waals surface area contributed by atoms with Crippen LogP contribution in [0.25, 0.3) is 0 Å². The van der Waals surface area contributed by atoms with Crippen LogP contribution in [-0.2, 0) is 12.8 Å². The van der Waals surface area contributed by atoms with Gasteiger partial charge in [0.05, 0.1) is 6.20 Å². The third kappa shape index (κ3) is 2.58. The fourth-order valence-corrected chi connectivity index (χ4v) is 1.74. The highest BCUT2D eigenvalue weighted by molar-refractivity contribution is 5.18. The normalized spacial score (nSPS) is 18.4. The van der Waals surface area contributed by atoms with Crippen LogP contribution in [0.3, 0.4) is 0 Å². The first-order valence-corrected chi connectivity index (χ1v) is 5.52. The number of nitrogens with zero attached hydrogens (tertiary/aromatic N) is 1. The van der Waals surface area contributed by atoms with E-state index >= 15 is 0 Å². The van der Waals surface area contributed by atoms with Gasteiger partial charge < -0.3 is 5.73 Å². The molecule has 1 heterocycles. The molecule has 3 N–H and O–H groups in total. The van der Waals surface area contributed by atoms with E-state index in [9.17, 15) is 0 Å². The van der Waals surface area contributed by atoms with E-state index in [1.165, 1.54) is 30.5 Å². The van der Waals surface area contributed by atoms with Crippen molar-refractivity contribution in [2.75, 3.05) is 0 Å². The minimum atomic E-state index is 0.284. The summed E-state index contributed by atoms with van der Waals surface area (Å²) in [4.78, 5) is 0. The Bertz CT molecular complexity index is 286. The van der Waals surface area contributed by atoms with Gasteiger partial charge in [0, 0.05) is 11.7 Å². The quantitative estimate of drug-likeness (QED) is 0.747. The first kappa shape index (κ1) is 9.71. The summed E-state index contributed by atoms with van der Waals surface area (Å²) in [6.07, 6.45) is 8.08. The average Bonchev–Trinajstić information content (AvgIpc) is 2.81. The standard InChI is InChI=1S/C11H19N3/c1-8(12)2-5-11-10(7-13-14-11)6-9-3-4-9/h7-9H,2-6,12H2,1H3,(H,13,14). The van der Waals surface area contributed by atoms with Gasteiger partial charge in [-0.25, -0.2) is 0 Å². The van der Waals surface area contributed by atoms with Gasteiger partial charge in [-0.05, 0) is 50.5 Å². The van der Waals surface area contributed by atoms with Crippen molar-refractivity contribution in [1.29, 1.82) is 0 Å². The van der Waals surface area contributed by atoms with Crippen LogP contribution < -0.4 is 5.73 Å². The summed E-state index contributed by atoms with van der Waals surface area (Å²) in [5.74, 6) is 0.932. The molecule has 0 aliphatic heterocycles. The molecule has 1 fully saturated rings. The highest BCUT2D eigenvalue weighted by atomic mass is 15.1. The van der Waals surface area contributed by atoms with E-state index < -0.39 is 0 Å². The van der Waals surface area contributed by atoms with Crippen molar-refractivity contribution >= 4 is 0 Å². The van der Waals surface area contributed by atoms with Crippen molar-refractivity contribution in [2.24, 2.45) is 11.7 Å². The molecule has 0 saturated heterocycles. The number of rotatable bonds is 5. The Kier molecular flexibility index (Phi) is 2.87. The van der Waals surface area contributed by atoms with Gasteiger partial charge in [0.25, 0.3) is 0 Å². The van der Waals surface area contributed by atoms with Crippen molar-refractivity contribution in [3.8, 4) is 0 Å². The van der Waals surface area contributed by atoms with E-state index in [1.54, 1.807) is 0 Å². The molecule has 0 aromatic carbocycles. The lowest BCUT2D eigenvalue weighted by Crippen LogP contribution is -2.15. The van der Waals surface area contributed by atoms with Crippen molar-refractivity contribution < 1.29 is 0 Å². The predicted octanol–water partition coefficient (Wildman–Crippen LogP) is 1.64. The van der Waals surface area contributed by atoms with E-state index in [1.807, 2.05) is 6.20 Å². The van der Waals surface area contributed by atoms with Gasteiger partial charge in [0.2, 0.25) is 0 Å². The van der Waals surface area contributed by atoms with E-state index in [2.05, 4.69) is 17.1 Å². The van der Waals surface area contributed by atoms with Crippen molar-refractivity contribution in [1.82, 2.24) is 10.2 Å². The average molecular weight is 193 g/mol. The number of hydrogen-bond donors (Lipinski definition) is 2. The van der Waals surface area contributed by atoms with Gasteiger partial charge in [-0.15, -0.1) is 0 Å². The molecule has 0 radical (unpaired) electrons. The molecule has 3 nitrogen and oxygen atoms in total. The lowest BCUT2D eigenvalue weighted by molar-refractivity contribution is 0.652. The molecule has 14 heavy (non-hydrogen) atoms. The highest BCUT2D eigenvalue weighted by Crippen LogP contribution is 2.33. The fraction of sp³-hybridized carbons (Fsp3) is 0.727. The number of hydrogen-bond acceptors (Lipinski definition) is 2. The van der Waals surface area contributed by atoms with Crippen LogP contribution in [0.1, 0.15) is 37.4 Å². The first-order chi connectivity index (χ1) is 6.75. The molecule has 1 aromatic heterocycles. The zero-order chi connectivity index (χ0) is 9.97. The van der Waals surface area contributed by atoms with Crippen LogP contribution in [-0.4, -0.2) is 16.2 Å². The third-order valence-electron chi connectivity index (χ3n) is 2.86. The Hall–Kier alpha value is -0.830. The molecule has 0 amide bonds. The minimum Gasteiger partial charge on any atom is -0.328 e. The van der Waals surface area contributed by atoms with Crippen LogP contribution in [0.5, 0.6) is 0 Å². The molecule has 1 aliphatic carbocycles. The number of nitrogens with one attached hydrogen (secondary N) is 1. The van der Waals surface area contributed by atoms with Crippen LogP contribution in [0.4, 0.5) is 0 Å². The molecule has 3 heteroatoms. The van der Waals surface area contributed by atoms with Gasteiger partial charge in [0.1, 0.15) is 0 Å². The summed E-state index contributed by atoms with van der Waals surface area (Å²) in [5, 5.41) is 7.20. The molecule has 1 unspecified atom stereocenters. The maximum atomic E-state index is 5.74. The van der Waals surface area contributed by atoms with Crippen molar-refractivity contribution in [3.63, 3.8) is 0 Å². The van der Waals surface area contributed by atoms with Crippen LogP contribution >= 0.6 is 0 Å². The summed E-state index contributed by atoms with van der Waals surface area (Å²) < 4.78 is 0. The second kappa shape index (κ2) is 4.13. The van der Waals surface area contributed by atoms with E-state index in [0.717, 1.165) is 18.8 Å². The lowest BCUT2D eigenvalue weighted by Gasteiger charge is -2.04. The largest absolute Gasteiger partial charge is 0.328 e. The fourth-order valence-electron chi connectivity index (χ4n) is 1.74.